The first-order chi connectivity index (χ1) is 13.9. The number of benzene rings is 2. The zero-order valence-electron chi connectivity index (χ0n) is 15.7. The van der Waals surface area contributed by atoms with Crippen LogP contribution in [0.4, 0.5) is 0 Å². The van der Waals surface area contributed by atoms with Gasteiger partial charge in [-0.1, -0.05) is 12.1 Å². The van der Waals surface area contributed by atoms with Crippen LogP contribution in [0.2, 0.25) is 0 Å². The summed E-state index contributed by atoms with van der Waals surface area (Å²) in [5.41, 5.74) is 0.856. The van der Waals surface area contributed by atoms with Crippen LogP contribution in [0.5, 0.6) is 5.75 Å². The number of carbonyl (C=O) groups is 2. The second-order valence-electron chi connectivity index (χ2n) is 7.19. The minimum atomic E-state index is -4.00. The van der Waals surface area contributed by atoms with E-state index in [1.54, 1.807) is 12.1 Å². The second-order valence-corrected chi connectivity index (χ2v) is 9.11. The first-order valence-electron chi connectivity index (χ1n) is 9.29. The van der Waals surface area contributed by atoms with Crippen molar-refractivity contribution in [3.8, 4) is 5.75 Å². The largest absolute Gasteiger partial charge is 0.497 e. The van der Waals surface area contributed by atoms with E-state index in [1.165, 1.54) is 37.4 Å². The van der Waals surface area contributed by atoms with E-state index in [2.05, 4.69) is 0 Å². The van der Waals surface area contributed by atoms with Gasteiger partial charge in [-0.25, -0.2) is 8.42 Å². The summed E-state index contributed by atoms with van der Waals surface area (Å²) in [4.78, 5) is 30.2. The van der Waals surface area contributed by atoms with Crippen molar-refractivity contribution in [2.75, 3.05) is 33.3 Å². The van der Waals surface area contributed by atoms with E-state index in [1.807, 2.05) is 9.80 Å². The molecule has 2 aliphatic heterocycles. The van der Waals surface area contributed by atoms with Crippen LogP contribution in [0.1, 0.15) is 20.7 Å². The van der Waals surface area contributed by atoms with Gasteiger partial charge in [0.1, 0.15) is 17.1 Å². The summed E-state index contributed by atoms with van der Waals surface area (Å²) < 4.78 is 31.8. The molecule has 0 unspecified atom stereocenters. The van der Waals surface area contributed by atoms with Gasteiger partial charge in [0.05, 0.1) is 22.5 Å². The number of methoxy groups -OCH3 is 1. The van der Waals surface area contributed by atoms with Crippen molar-refractivity contribution < 1.29 is 22.7 Å². The van der Waals surface area contributed by atoms with E-state index in [9.17, 15) is 18.0 Å². The fourth-order valence-electron chi connectivity index (χ4n) is 3.66. The number of hydrogen-bond donors (Lipinski definition) is 0. The van der Waals surface area contributed by atoms with Crippen LogP contribution >= 0.6 is 0 Å². The zero-order valence-corrected chi connectivity index (χ0v) is 16.5. The molecule has 2 fully saturated rings. The molecule has 0 radical (unpaired) electrons. The van der Waals surface area contributed by atoms with E-state index in [4.69, 9.17) is 4.74 Å². The Balaban J connectivity index is 1.68. The number of ether oxygens (including phenoxy) is 1. The lowest BCUT2D eigenvalue weighted by molar-refractivity contribution is 0.0943. The molecule has 2 heterocycles. The van der Waals surface area contributed by atoms with Gasteiger partial charge in [0.15, 0.2) is 0 Å². The summed E-state index contributed by atoms with van der Waals surface area (Å²) in [5.74, 6) is -0.155. The highest BCUT2D eigenvalue weighted by molar-refractivity contribution is 7.91. The first-order valence-corrected chi connectivity index (χ1v) is 10.8. The average molecular weight is 410 g/mol. The molecule has 0 spiro atoms. The van der Waals surface area contributed by atoms with Gasteiger partial charge in [-0.3, -0.25) is 9.59 Å². The Morgan fingerprint density at radius 3 is 1.97 bits per heavy atom. The van der Waals surface area contributed by atoms with Gasteiger partial charge in [0.25, 0.3) is 0 Å². The summed E-state index contributed by atoms with van der Waals surface area (Å²) in [7, 11) is -2.50. The molecule has 2 saturated heterocycles. The number of carbonyl (C=O) groups excluding carboxylic acids is 2. The lowest BCUT2D eigenvalue weighted by atomic mass is 9.90. The number of allylic oxidation sites excluding steroid dienone is 2. The van der Waals surface area contributed by atoms with Crippen LogP contribution in [0, 0.1) is 0 Å². The summed E-state index contributed by atoms with van der Waals surface area (Å²) >= 11 is 0. The van der Waals surface area contributed by atoms with Crippen molar-refractivity contribution in [1.29, 1.82) is 0 Å². The van der Waals surface area contributed by atoms with Crippen molar-refractivity contribution in [3.05, 3.63) is 65.0 Å². The third kappa shape index (κ3) is 2.74. The third-order valence-electron chi connectivity index (χ3n) is 5.34. The van der Waals surface area contributed by atoms with Crippen molar-refractivity contribution in [2.45, 2.75) is 9.79 Å². The van der Waals surface area contributed by atoms with E-state index in [0.717, 1.165) is 13.1 Å². The monoisotopic (exact) mass is 410 g/mol. The van der Waals surface area contributed by atoms with Gasteiger partial charge in [0, 0.05) is 31.7 Å². The van der Waals surface area contributed by atoms with E-state index in [-0.39, 0.29) is 26.7 Å². The lowest BCUT2D eigenvalue weighted by Gasteiger charge is -2.24. The maximum atomic E-state index is 13.4. The number of nitrogens with zero attached hydrogens (tertiary/aromatic N) is 2. The Morgan fingerprint density at radius 2 is 1.41 bits per heavy atom. The Bertz CT molecular complexity index is 1190. The van der Waals surface area contributed by atoms with Gasteiger partial charge < -0.3 is 14.5 Å². The number of sulfone groups is 1. The number of rotatable bonds is 5. The average Bonchev–Trinajstić information content (AvgIpc) is 3.63. The smallest absolute Gasteiger partial charge is 0.213 e. The van der Waals surface area contributed by atoms with Crippen molar-refractivity contribution >= 4 is 21.4 Å². The molecule has 148 valence electrons. The number of Topliss-reactive ketones (excluding diaryl/α,β-unsaturated/α-hetero) is 2. The summed E-state index contributed by atoms with van der Waals surface area (Å²) in [6.45, 7) is 2.83. The highest BCUT2D eigenvalue weighted by atomic mass is 32.2. The molecule has 2 aromatic rings. The molecule has 2 aromatic carbocycles. The maximum Gasteiger partial charge on any atom is 0.213 e. The molecular weight excluding hydrogens is 392 g/mol. The predicted octanol–water partition coefficient (Wildman–Crippen LogP) is 1.75. The standard InChI is InChI=1S/C21H18N2O5S/c1-28-13-5-7-14(8-6-13)29(26,27)16-4-2-3-15-17(16)21(25)19(23-11-12-23)18(20(15)24)22-9-10-22/h2-8H,9-12H2,1H3. The zero-order chi connectivity index (χ0) is 20.3. The summed E-state index contributed by atoms with van der Waals surface area (Å²) in [5, 5.41) is 0. The van der Waals surface area contributed by atoms with Gasteiger partial charge >= 0.3 is 0 Å². The fourth-order valence-corrected chi connectivity index (χ4v) is 5.13. The maximum absolute atomic E-state index is 13.4. The number of fused-ring (bicyclic) bond motifs is 1. The normalized spacial score (nSPS) is 18.1. The van der Waals surface area contributed by atoms with Gasteiger partial charge in [0.2, 0.25) is 21.4 Å². The molecule has 0 aromatic heterocycles. The third-order valence-corrected chi connectivity index (χ3v) is 7.15. The quantitative estimate of drug-likeness (QED) is 0.695. The lowest BCUT2D eigenvalue weighted by Crippen LogP contribution is -2.30. The molecule has 0 N–H and O–H groups in total. The second kappa shape index (κ2) is 6.18. The van der Waals surface area contributed by atoms with Gasteiger partial charge in [-0.05, 0) is 30.3 Å². The van der Waals surface area contributed by atoms with Gasteiger partial charge in [-0.15, -0.1) is 0 Å². The molecule has 29 heavy (non-hydrogen) atoms. The molecule has 0 saturated carbocycles. The molecular formula is C21H18N2O5S. The molecule has 0 atom stereocenters. The minimum absolute atomic E-state index is 0.0270. The number of hydrogen-bond acceptors (Lipinski definition) is 7. The Kier molecular flexibility index (Phi) is 3.82. The number of ketones is 2. The molecule has 0 amide bonds. The van der Waals surface area contributed by atoms with Crippen LogP contribution in [-0.4, -0.2) is 63.1 Å². The Hall–Kier alpha value is -3.13. The van der Waals surface area contributed by atoms with E-state index < -0.39 is 15.6 Å². The first kappa shape index (κ1) is 17.9. The van der Waals surface area contributed by atoms with Crippen LogP contribution < -0.4 is 4.74 Å². The summed E-state index contributed by atoms with van der Waals surface area (Å²) in [6, 6.07) is 10.4. The SMILES string of the molecule is COc1ccc(S(=O)(=O)c2cccc3c2C(=O)C(N2CC2)=C(N2CC2)C3=O)cc1. The molecule has 0 bridgehead atoms. The Labute approximate surface area is 168 Å². The van der Waals surface area contributed by atoms with Crippen LogP contribution in [0.3, 0.4) is 0 Å². The van der Waals surface area contributed by atoms with Crippen LogP contribution in [-0.2, 0) is 9.84 Å². The van der Waals surface area contributed by atoms with Crippen molar-refractivity contribution in [1.82, 2.24) is 9.80 Å². The molecule has 7 nitrogen and oxygen atoms in total. The highest BCUT2D eigenvalue weighted by Crippen LogP contribution is 2.38. The topological polar surface area (TPSA) is 83.5 Å². The molecule has 1 aliphatic carbocycles. The van der Waals surface area contributed by atoms with Crippen LogP contribution in [0.25, 0.3) is 0 Å². The molecule has 5 rings (SSSR count). The van der Waals surface area contributed by atoms with Crippen molar-refractivity contribution in [2.24, 2.45) is 0 Å². The van der Waals surface area contributed by atoms with Gasteiger partial charge in [-0.2, -0.15) is 0 Å². The summed E-state index contributed by atoms with van der Waals surface area (Å²) in [6.07, 6.45) is 0. The van der Waals surface area contributed by atoms with E-state index >= 15 is 0 Å². The predicted molar refractivity (Wildman–Crippen MR) is 104 cm³/mol. The van der Waals surface area contributed by atoms with Crippen molar-refractivity contribution in [3.63, 3.8) is 0 Å². The molecule has 3 aliphatic rings. The van der Waals surface area contributed by atoms with Crippen LogP contribution in [0.15, 0.2) is 63.6 Å². The van der Waals surface area contributed by atoms with E-state index in [0.29, 0.717) is 30.2 Å². The highest BCUT2D eigenvalue weighted by Gasteiger charge is 2.45. The Morgan fingerprint density at radius 1 is 0.828 bits per heavy atom. The minimum Gasteiger partial charge on any atom is -0.497 e. The molecule has 8 heteroatoms. The fraction of sp³-hybridized carbons (Fsp3) is 0.238.